The van der Waals surface area contributed by atoms with Crippen molar-refractivity contribution in [3.63, 3.8) is 0 Å². The van der Waals surface area contributed by atoms with Gasteiger partial charge in [0, 0.05) is 37.1 Å². The molecule has 0 spiro atoms. The molecule has 0 aliphatic rings. The van der Waals surface area contributed by atoms with Crippen molar-refractivity contribution >= 4 is 5.69 Å². The van der Waals surface area contributed by atoms with E-state index in [2.05, 4.69) is 15.4 Å². The molecule has 2 aromatic rings. The van der Waals surface area contributed by atoms with E-state index in [1.165, 1.54) is 0 Å². The van der Waals surface area contributed by atoms with Crippen LogP contribution in [-0.2, 0) is 20.0 Å². The van der Waals surface area contributed by atoms with Gasteiger partial charge < -0.3 is 5.32 Å². The van der Waals surface area contributed by atoms with Gasteiger partial charge in [-0.05, 0) is 32.4 Å². The fraction of sp³-hybridized carbons (Fsp3) is 0.429. The summed E-state index contributed by atoms with van der Waals surface area (Å²) in [7, 11) is 1.88. The number of hydrogen-bond donors (Lipinski definition) is 1. The van der Waals surface area contributed by atoms with E-state index in [9.17, 15) is 10.1 Å². The lowest BCUT2D eigenvalue weighted by Crippen LogP contribution is -2.18. The van der Waals surface area contributed by atoms with Crippen molar-refractivity contribution in [1.29, 1.82) is 0 Å². The fourth-order valence-corrected chi connectivity index (χ4v) is 2.26. The SMILES string of the molecule is Cc1cnc(CNCCc2cnn(C)c2)c(C)c1[N+](=O)[O-]. The minimum Gasteiger partial charge on any atom is -0.311 e. The van der Waals surface area contributed by atoms with Crippen LogP contribution in [0.4, 0.5) is 5.69 Å². The van der Waals surface area contributed by atoms with E-state index in [1.54, 1.807) is 24.7 Å². The lowest BCUT2D eigenvalue weighted by Gasteiger charge is -2.08. The average Bonchev–Trinajstić information content (AvgIpc) is 2.82. The van der Waals surface area contributed by atoms with E-state index in [0.29, 0.717) is 17.7 Å². The summed E-state index contributed by atoms with van der Waals surface area (Å²) >= 11 is 0. The molecule has 0 aromatic carbocycles. The lowest BCUT2D eigenvalue weighted by atomic mass is 10.1. The summed E-state index contributed by atoms with van der Waals surface area (Å²) in [6.45, 7) is 4.75. The summed E-state index contributed by atoms with van der Waals surface area (Å²) < 4.78 is 1.77. The van der Waals surface area contributed by atoms with Crippen molar-refractivity contribution in [2.75, 3.05) is 6.54 Å². The predicted molar refractivity (Wildman–Crippen MR) is 79.0 cm³/mol. The van der Waals surface area contributed by atoms with Crippen LogP contribution in [0.2, 0.25) is 0 Å². The molecule has 0 aliphatic heterocycles. The smallest absolute Gasteiger partial charge is 0.278 e. The monoisotopic (exact) mass is 289 g/mol. The van der Waals surface area contributed by atoms with Crippen LogP contribution >= 0.6 is 0 Å². The van der Waals surface area contributed by atoms with Gasteiger partial charge in [0.1, 0.15) is 0 Å². The molecule has 0 atom stereocenters. The lowest BCUT2D eigenvalue weighted by molar-refractivity contribution is -0.386. The van der Waals surface area contributed by atoms with E-state index >= 15 is 0 Å². The molecule has 0 radical (unpaired) electrons. The van der Waals surface area contributed by atoms with Crippen molar-refractivity contribution < 1.29 is 4.92 Å². The number of aryl methyl sites for hydroxylation is 2. The molecule has 0 fully saturated rings. The second kappa shape index (κ2) is 6.45. The molecular formula is C14H19N5O2. The van der Waals surface area contributed by atoms with Gasteiger partial charge in [-0.1, -0.05) is 0 Å². The van der Waals surface area contributed by atoms with Crippen molar-refractivity contribution in [3.8, 4) is 0 Å². The van der Waals surface area contributed by atoms with E-state index < -0.39 is 0 Å². The Morgan fingerprint density at radius 2 is 2.14 bits per heavy atom. The third-order valence-corrected chi connectivity index (χ3v) is 3.40. The highest BCUT2D eigenvalue weighted by Gasteiger charge is 2.18. The van der Waals surface area contributed by atoms with E-state index in [1.807, 2.05) is 19.4 Å². The van der Waals surface area contributed by atoms with Crippen LogP contribution in [0, 0.1) is 24.0 Å². The average molecular weight is 289 g/mol. The maximum absolute atomic E-state index is 11.1. The van der Waals surface area contributed by atoms with Crippen LogP contribution in [0.25, 0.3) is 0 Å². The number of aromatic nitrogens is 3. The molecular weight excluding hydrogens is 270 g/mol. The third-order valence-electron chi connectivity index (χ3n) is 3.40. The zero-order valence-corrected chi connectivity index (χ0v) is 12.5. The van der Waals surface area contributed by atoms with Crippen molar-refractivity contribution in [2.24, 2.45) is 7.05 Å². The van der Waals surface area contributed by atoms with Gasteiger partial charge in [0.25, 0.3) is 5.69 Å². The minimum atomic E-state index is -0.342. The molecule has 1 N–H and O–H groups in total. The van der Waals surface area contributed by atoms with Crippen LogP contribution in [-0.4, -0.2) is 26.2 Å². The zero-order valence-electron chi connectivity index (χ0n) is 12.5. The fourth-order valence-electron chi connectivity index (χ4n) is 2.26. The maximum atomic E-state index is 11.1. The topological polar surface area (TPSA) is 85.9 Å². The van der Waals surface area contributed by atoms with Crippen LogP contribution in [0.15, 0.2) is 18.6 Å². The molecule has 2 heterocycles. The van der Waals surface area contributed by atoms with Gasteiger partial charge in [0.05, 0.1) is 16.8 Å². The third kappa shape index (κ3) is 3.63. The first-order valence-corrected chi connectivity index (χ1v) is 6.76. The highest BCUT2D eigenvalue weighted by molar-refractivity contribution is 5.47. The summed E-state index contributed by atoms with van der Waals surface area (Å²) in [4.78, 5) is 15.0. The van der Waals surface area contributed by atoms with Crippen molar-refractivity contribution in [2.45, 2.75) is 26.8 Å². The first-order chi connectivity index (χ1) is 9.99. The summed E-state index contributed by atoms with van der Waals surface area (Å²) in [6, 6.07) is 0. The molecule has 7 heteroatoms. The predicted octanol–water partition coefficient (Wildman–Crippen LogP) is 1.67. The second-order valence-corrected chi connectivity index (χ2v) is 5.07. The quantitative estimate of drug-likeness (QED) is 0.496. The van der Waals surface area contributed by atoms with Gasteiger partial charge in [-0.15, -0.1) is 0 Å². The zero-order chi connectivity index (χ0) is 15.4. The van der Waals surface area contributed by atoms with Gasteiger partial charge in [-0.25, -0.2) is 0 Å². The minimum absolute atomic E-state index is 0.161. The number of nitrogens with zero attached hydrogens (tertiary/aromatic N) is 4. The first-order valence-electron chi connectivity index (χ1n) is 6.76. The van der Waals surface area contributed by atoms with Crippen LogP contribution in [0.5, 0.6) is 0 Å². The molecule has 0 aliphatic carbocycles. The number of hydrogen-bond acceptors (Lipinski definition) is 5. The standard InChI is InChI=1S/C14H19N5O2/c1-10-6-16-13(11(2)14(10)19(20)21)8-15-5-4-12-7-17-18(3)9-12/h6-7,9,15H,4-5,8H2,1-3H3. The molecule has 2 rings (SSSR count). The molecule has 21 heavy (non-hydrogen) atoms. The van der Waals surface area contributed by atoms with Gasteiger partial charge >= 0.3 is 0 Å². The Hall–Kier alpha value is -2.28. The second-order valence-electron chi connectivity index (χ2n) is 5.07. The van der Waals surface area contributed by atoms with E-state index in [4.69, 9.17) is 0 Å². The molecule has 0 bridgehead atoms. The maximum Gasteiger partial charge on any atom is 0.278 e. The number of pyridine rings is 1. The normalized spacial score (nSPS) is 10.8. The molecule has 0 amide bonds. The summed E-state index contributed by atoms with van der Waals surface area (Å²) in [5.41, 5.74) is 3.27. The highest BCUT2D eigenvalue weighted by Crippen LogP contribution is 2.23. The van der Waals surface area contributed by atoms with Crippen molar-refractivity contribution in [1.82, 2.24) is 20.1 Å². The summed E-state index contributed by atoms with van der Waals surface area (Å²) in [5, 5.41) is 18.4. The molecule has 0 saturated carbocycles. The van der Waals surface area contributed by atoms with Gasteiger partial charge in [0.15, 0.2) is 0 Å². The summed E-state index contributed by atoms with van der Waals surface area (Å²) in [6.07, 6.45) is 6.23. The molecule has 2 aromatic heterocycles. The van der Waals surface area contributed by atoms with Gasteiger partial charge in [0.2, 0.25) is 0 Å². The Bertz CT molecular complexity index is 651. The summed E-state index contributed by atoms with van der Waals surface area (Å²) in [5.74, 6) is 0. The Morgan fingerprint density at radius 1 is 1.38 bits per heavy atom. The van der Waals surface area contributed by atoms with Crippen LogP contribution in [0.1, 0.15) is 22.4 Å². The Morgan fingerprint density at radius 3 is 2.76 bits per heavy atom. The number of nitro groups is 1. The molecule has 112 valence electrons. The molecule has 0 saturated heterocycles. The molecule has 0 unspecified atom stereocenters. The van der Waals surface area contributed by atoms with Crippen LogP contribution in [0.3, 0.4) is 0 Å². The highest BCUT2D eigenvalue weighted by atomic mass is 16.6. The Labute approximate surface area is 123 Å². The number of rotatable bonds is 6. The van der Waals surface area contributed by atoms with Gasteiger partial charge in [-0.3, -0.25) is 19.8 Å². The van der Waals surface area contributed by atoms with Gasteiger partial charge in [-0.2, -0.15) is 5.10 Å². The number of nitrogens with one attached hydrogen (secondary N) is 1. The molecule has 7 nitrogen and oxygen atoms in total. The van der Waals surface area contributed by atoms with E-state index in [0.717, 1.165) is 24.2 Å². The largest absolute Gasteiger partial charge is 0.311 e. The van der Waals surface area contributed by atoms with Crippen molar-refractivity contribution in [3.05, 3.63) is 51.1 Å². The van der Waals surface area contributed by atoms with Crippen LogP contribution < -0.4 is 5.32 Å². The first kappa shape index (κ1) is 15.1. The van der Waals surface area contributed by atoms with E-state index in [-0.39, 0.29) is 10.6 Å². The Kier molecular flexibility index (Phi) is 4.64. The Balaban J connectivity index is 1.94.